The van der Waals surface area contributed by atoms with E-state index in [1.54, 1.807) is 0 Å². The van der Waals surface area contributed by atoms with Gasteiger partial charge in [0.1, 0.15) is 0 Å². The van der Waals surface area contributed by atoms with Crippen molar-refractivity contribution in [1.82, 2.24) is 9.78 Å². The molecule has 1 aromatic rings. The summed E-state index contributed by atoms with van der Waals surface area (Å²) >= 11 is 6.05. The Hall–Kier alpha value is -0.500. The highest BCUT2D eigenvalue weighted by atomic mass is 35.5. The lowest BCUT2D eigenvalue weighted by Gasteiger charge is -2.05. The normalized spacial score (nSPS) is 13.5. The molecule has 0 aliphatic heterocycles. The number of alkyl halides is 1. The average molecular weight is 215 g/mol. The summed E-state index contributed by atoms with van der Waals surface area (Å²) in [6.07, 6.45) is 5.08. The van der Waals surface area contributed by atoms with Gasteiger partial charge in [0.05, 0.1) is 5.69 Å². The molecule has 3 heteroatoms. The summed E-state index contributed by atoms with van der Waals surface area (Å²) in [6, 6.07) is 2.53. The summed E-state index contributed by atoms with van der Waals surface area (Å²) in [5.74, 6) is 0. The average Bonchev–Trinajstić information content (AvgIpc) is 2.62. The summed E-state index contributed by atoms with van der Waals surface area (Å²) in [4.78, 5) is 0. The van der Waals surface area contributed by atoms with Crippen LogP contribution in [-0.4, -0.2) is 15.2 Å². The minimum atomic E-state index is 0.291. The van der Waals surface area contributed by atoms with Gasteiger partial charge in [-0.1, -0.05) is 6.92 Å². The SMILES string of the molecule is CCC(Cl)CCc1ccn(C(C)C)n1. The standard InChI is InChI=1S/C11H19ClN2/c1-4-10(12)5-6-11-7-8-14(13-11)9(2)3/h7-10H,4-6H2,1-3H3. The Labute approximate surface area is 91.3 Å². The first-order valence-electron chi connectivity index (χ1n) is 5.31. The lowest BCUT2D eigenvalue weighted by molar-refractivity contribution is 0.524. The molecule has 1 atom stereocenters. The Morgan fingerprint density at radius 3 is 2.71 bits per heavy atom. The molecule has 1 aromatic heterocycles. The Morgan fingerprint density at radius 2 is 2.21 bits per heavy atom. The molecule has 0 bridgehead atoms. The van der Waals surface area contributed by atoms with Gasteiger partial charge >= 0.3 is 0 Å². The van der Waals surface area contributed by atoms with Crippen LogP contribution >= 0.6 is 11.6 Å². The molecule has 0 aliphatic carbocycles. The number of aromatic nitrogens is 2. The number of halogens is 1. The number of rotatable bonds is 5. The first-order valence-corrected chi connectivity index (χ1v) is 5.75. The van der Waals surface area contributed by atoms with Crippen molar-refractivity contribution < 1.29 is 0 Å². The van der Waals surface area contributed by atoms with Gasteiger partial charge in [0, 0.05) is 17.6 Å². The molecule has 0 saturated carbocycles. The summed E-state index contributed by atoms with van der Waals surface area (Å²) in [5.41, 5.74) is 1.15. The molecule has 0 amide bonds. The van der Waals surface area contributed by atoms with Gasteiger partial charge in [-0.15, -0.1) is 11.6 Å². The Kier molecular flexibility index (Phi) is 4.46. The van der Waals surface area contributed by atoms with Crippen LogP contribution in [0.2, 0.25) is 0 Å². The summed E-state index contributed by atoms with van der Waals surface area (Å²) < 4.78 is 1.99. The predicted molar refractivity (Wildman–Crippen MR) is 60.9 cm³/mol. The van der Waals surface area contributed by atoms with Crippen LogP contribution in [0, 0.1) is 0 Å². The lowest BCUT2D eigenvalue weighted by Crippen LogP contribution is -2.03. The molecule has 0 N–H and O–H groups in total. The highest BCUT2D eigenvalue weighted by Gasteiger charge is 2.05. The molecule has 0 saturated heterocycles. The molecule has 0 fully saturated rings. The fourth-order valence-corrected chi connectivity index (χ4v) is 1.42. The first kappa shape index (κ1) is 11.6. The second-order valence-electron chi connectivity index (χ2n) is 3.93. The van der Waals surface area contributed by atoms with Gasteiger partial charge < -0.3 is 0 Å². The number of nitrogens with zero attached hydrogens (tertiary/aromatic N) is 2. The maximum atomic E-state index is 6.05. The number of hydrogen-bond acceptors (Lipinski definition) is 1. The Balaban J connectivity index is 2.44. The van der Waals surface area contributed by atoms with Crippen LogP contribution in [-0.2, 0) is 6.42 Å². The Morgan fingerprint density at radius 1 is 1.50 bits per heavy atom. The van der Waals surface area contributed by atoms with Crippen LogP contribution < -0.4 is 0 Å². The molecule has 1 rings (SSSR count). The van der Waals surface area contributed by atoms with Gasteiger partial charge in [0.2, 0.25) is 0 Å². The zero-order valence-corrected chi connectivity index (χ0v) is 9.96. The highest BCUT2D eigenvalue weighted by Crippen LogP contribution is 2.11. The molecular weight excluding hydrogens is 196 g/mol. The van der Waals surface area contributed by atoms with E-state index in [-0.39, 0.29) is 0 Å². The fraction of sp³-hybridized carbons (Fsp3) is 0.727. The van der Waals surface area contributed by atoms with Crippen LogP contribution in [0.25, 0.3) is 0 Å². The van der Waals surface area contributed by atoms with Crippen molar-refractivity contribution >= 4 is 11.6 Å². The molecule has 2 nitrogen and oxygen atoms in total. The van der Waals surface area contributed by atoms with Gasteiger partial charge in [-0.05, 0) is 39.2 Å². The zero-order chi connectivity index (χ0) is 10.6. The smallest absolute Gasteiger partial charge is 0.0625 e. The van der Waals surface area contributed by atoms with Crippen LogP contribution in [0.5, 0.6) is 0 Å². The van der Waals surface area contributed by atoms with Crippen LogP contribution in [0.4, 0.5) is 0 Å². The number of aryl methyl sites for hydroxylation is 1. The minimum Gasteiger partial charge on any atom is -0.270 e. The number of hydrogen-bond donors (Lipinski definition) is 0. The van der Waals surface area contributed by atoms with Crippen molar-refractivity contribution in [2.24, 2.45) is 0 Å². The summed E-state index contributed by atoms with van der Waals surface area (Å²) in [5, 5.41) is 4.76. The molecule has 80 valence electrons. The van der Waals surface area contributed by atoms with E-state index in [1.807, 2.05) is 10.9 Å². The topological polar surface area (TPSA) is 17.8 Å². The second kappa shape index (κ2) is 5.40. The van der Waals surface area contributed by atoms with Gasteiger partial charge in [0.25, 0.3) is 0 Å². The lowest BCUT2D eigenvalue weighted by atomic mass is 10.1. The monoisotopic (exact) mass is 214 g/mol. The quantitative estimate of drug-likeness (QED) is 0.687. The van der Waals surface area contributed by atoms with Crippen molar-refractivity contribution in [3.8, 4) is 0 Å². The maximum absolute atomic E-state index is 6.05. The van der Waals surface area contributed by atoms with Crippen molar-refractivity contribution in [2.45, 2.75) is 51.5 Å². The maximum Gasteiger partial charge on any atom is 0.0625 e. The molecular formula is C11H19ClN2. The largest absolute Gasteiger partial charge is 0.270 e. The van der Waals surface area contributed by atoms with Crippen molar-refractivity contribution in [1.29, 1.82) is 0 Å². The summed E-state index contributed by atoms with van der Waals surface area (Å²) in [7, 11) is 0. The van der Waals surface area contributed by atoms with Crippen molar-refractivity contribution in [3.63, 3.8) is 0 Å². The van der Waals surface area contributed by atoms with Gasteiger partial charge in [-0.2, -0.15) is 5.10 Å². The molecule has 0 aromatic carbocycles. The molecule has 0 radical (unpaired) electrons. The fourth-order valence-electron chi connectivity index (χ4n) is 1.31. The van der Waals surface area contributed by atoms with E-state index >= 15 is 0 Å². The molecule has 0 spiro atoms. The van der Waals surface area contributed by atoms with Gasteiger partial charge in [0.15, 0.2) is 0 Å². The highest BCUT2D eigenvalue weighted by molar-refractivity contribution is 6.20. The predicted octanol–water partition coefficient (Wildman–Crippen LogP) is 3.41. The first-order chi connectivity index (χ1) is 6.63. The van der Waals surface area contributed by atoms with E-state index in [9.17, 15) is 0 Å². The van der Waals surface area contributed by atoms with Crippen LogP contribution in [0.3, 0.4) is 0 Å². The van der Waals surface area contributed by atoms with Crippen LogP contribution in [0.1, 0.15) is 45.3 Å². The molecule has 1 unspecified atom stereocenters. The minimum absolute atomic E-state index is 0.291. The van der Waals surface area contributed by atoms with E-state index in [4.69, 9.17) is 11.6 Å². The third-order valence-corrected chi connectivity index (χ3v) is 2.88. The third-order valence-electron chi connectivity index (χ3n) is 2.35. The van der Waals surface area contributed by atoms with E-state index in [0.717, 1.165) is 25.0 Å². The van der Waals surface area contributed by atoms with E-state index in [0.29, 0.717) is 11.4 Å². The van der Waals surface area contributed by atoms with Crippen molar-refractivity contribution in [2.75, 3.05) is 0 Å². The Bertz CT molecular complexity index is 268. The molecule has 0 aliphatic rings. The van der Waals surface area contributed by atoms with Crippen LogP contribution in [0.15, 0.2) is 12.3 Å². The van der Waals surface area contributed by atoms with E-state index in [2.05, 4.69) is 31.9 Å². The molecule has 1 heterocycles. The summed E-state index contributed by atoms with van der Waals surface area (Å²) in [6.45, 7) is 6.38. The third kappa shape index (κ3) is 3.33. The van der Waals surface area contributed by atoms with Gasteiger partial charge in [-0.3, -0.25) is 4.68 Å². The molecule has 14 heavy (non-hydrogen) atoms. The van der Waals surface area contributed by atoms with Gasteiger partial charge in [-0.25, -0.2) is 0 Å². The van der Waals surface area contributed by atoms with Crippen molar-refractivity contribution in [3.05, 3.63) is 18.0 Å². The van der Waals surface area contributed by atoms with E-state index in [1.165, 1.54) is 0 Å². The van der Waals surface area contributed by atoms with E-state index < -0.39 is 0 Å². The zero-order valence-electron chi connectivity index (χ0n) is 9.20. The second-order valence-corrected chi connectivity index (χ2v) is 4.54.